The molecule has 0 aliphatic carbocycles. The highest BCUT2D eigenvalue weighted by atomic mass is 16.5. The van der Waals surface area contributed by atoms with Crippen molar-refractivity contribution in [3.8, 4) is 0 Å². The van der Waals surface area contributed by atoms with E-state index >= 15 is 0 Å². The molecule has 1 aliphatic heterocycles. The topological polar surface area (TPSA) is 54.2 Å². The fourth-order valence-electron chi connectivity index (χ4n) is 2.04. The maximum atomic E-state index is 4.73. The van der Waals surface area contributed by atoms with E-state index in [-0.39, 0.29) is 0 Å². The van der Waals surface area contributed by atoms with Crippen LogP contribution in [-0.2, 0) is 6.54 Å². The maximum Gasteiger partial charge on any atom is 0.213 e. The van der Waals surface area contributed by atoms with E-state index < -0.39 is 0 Å². The highest BCUT2D eigenvalue weighted by Crippen LogP contribution is 2.07. The molecule has 15 heavy (non-hydrogen) atoms. The number of nitrogens with one attached hydrogen (secondary N) is 1. The van der Waals surface area contributed by atoms with Crippen LogP contribution in [-0.4, -0.2) is 40.7 Å². The predicted molar refractivity (Wildman–Crippen MR) is 56.3 cm³/mol. The second-order valence-electron chi connectivity index (χ2n) is 4.02. The lowest BCUT2D eigenvalue weighted by molar-refractivity contribution is 0.181. The first kappa shape index (κ1) is 10.6. The van der Waals surface area contributed by atoms with Gasteiger partial charge in [0.2, 0.25) is 6.39 Å². The van der Waals surface area contributed by atoms with Crippen molar-refractivity contribution in [2.75, 3.05) is 19.6 Å². The highest BCUT2D eigenvalue weighted by molar-refractivity contribution is 4.83. The third kappa shape index (κ3) is 3.00. The third-order valence-electron chi connectivity index (χ3n) is 2.75. The van der Waals surface area contributed by atoms with Gasteiger partial charge in [-0.25, -0.2) is 0 Å². The van der Waals surface area contributed by atoms with E-state index in [2.05, 4.69) is 27.3 Å². The molecule has 1 fully saturated rings. The molecular weight excluding hydrogens is 192 g/mol. The summed E-state index contributed by atoms with van der Waals surface area (Å²) in [5.74, 6) is 0.784. The summed E-state index contributed by atoms with van der Waals surface area (Å²) in [6.07, 6.45) is 3.86. The number of hydrogen-bond donors (Lipinski definition) is 1. The first-order valence-electron chi connectivity index (χ1n) is 5.59. The Morgan fingerprint density at radius 2 is 2.60 bits per heavy atom. The molecule has 0 spiro atoms. The van der Waals surface area contributed by atoms with Crippen LogP contribution in [0.15, 0.2) is 10.9 Å². The smallest absolute Gasteiger partial charge is 0.213 e. The van der Waals surface area contributed by atoms with Crippen molar-refractivity contribution in [1.29, 1.82) is 0 Å². The fraction of sp³-hybridized carbons (Fsp3) is 0.800. The predicted octanol–water partition coefficient (Wildman–Crippen LogP) is 0.643. The van der Waals surface area contributed by atoms with Gasteiger partial charge in [-0.1, -0.05) is 18.5 Å². The van der Waals surface area contributed by atoms with E-state index in [0.29, 0.717) is 6.04 Å². The maximum absolute atomic E-state index is 4.73. The minimum absolute atomic E-state index is 0.621. The minimum Gasteiger partial charge on any atom is -0.343 e. The quantitative estimate of drug-likeness (QED) is 0.790. The Balaban J connectivity index is 1.82. The van der Waals surface area contributed by atoms with Crippen LogP contribution in [0.4, 0.5) is 0 Å². The number of hydrogen-bond acceptors (Lipinski definition) is 5. The highest BCUT2D eigenvalue weighted by Gasteiger charge is 2.19. The average Bonchev–Trinajstić information content (AvgIpc) is 2.71. The van der Waals surface area contributed by atoms with Gasteiger partial charge in [0, 0.05) is 25.7 Å². The molecular formula is C10H18N4O. The van der Waals surface area contributed by atoms with E-state index in [1.54, 1.807) is 0 Å². The van der Waals surface area contributed by atoms with E-state index in [0.717, 1.165) is 32.0 Å². The van der Waals surface area contributed by atoms with Gasteiger partial charge < -0.3 is 9.84 Å². The minimum atomic E-state index is 0.621. The van der Waals surface area contributed by atoms with Crippen LogP contribution in [0.3, 0.4) is 0 Å². The summed E-state index contributed by atoms with van der Waals surface area (Å²) in [6, 6.07) is 0.621. The normalized spacial score (nSPS) is 23.1. The van der Waals surface area contributed by atoms with Gasteiger partial charge in [0.05, 0.1) is 6.54 Å². The summed E-state index contributed by atoms with van der Waals surface area (Å²) in [5, 5.41) is 7.36. The van der Waals surface area contributed by atoms with Crippen LogP contribution in [0.1, 0.15) is 25.6 Å². The fourth-order valence-corrected chi connectivity index (χ4v) is 2.04. The van der Waals surface area contributed by atoms with E-state index in [1.807, 2.05) is 0 Å². The molecule has 5 nitrogen and oxygen atoms in total. The molecule has 1 N–H and O–H groups in total. The van der Waals surface area contributed by atoms with Crippen molar-refractivity contribution in [3.05, 3.63) is 12.2 Å². The Hall–Kier alpha value is -0.940. The standard InChI is InChI=1S/C10H18N4O/c1-2-3-9-6-14(5-4-11-9)7-10-12-8-15-13-10/h8-9,11H,2-7H2,1H3. The monoisotopic (exact) mass is 210 g/mol. The second-order valence-corrected chi connectivity index (χ2v) is 4.02. The van der Waals surface area contributed by atoms with E-state index in [1.165, 1.54) is 19.2 Å². The molecule has 84 valence electrons. The molecule has 0 aromatic carbocycles. The first-order valence-corrected chi connectivity index (χ1v) is 5.59. The first-order chi connectivity index (χ1) is 7.38. The van der Waals surface area contributed by atoms with E-state index in [9.17, 15) is 0 Å². The van der Waals surface area contributed by atoms with Gasteiger partial charge in [-0.05, 0) is 6.42 Å². The molecule has 0 saturated carbocycles. The summed E-state index contributed by atoms with van der Waals surface area (Å²) < 4.78 is 4.73. The Kier molecular flexibility index (Phi) is 3.69. The van der Waals surface area contributed by atoms with Gasteiger partial charge in [-0.3, -0.25) is 4.90 Å². The molecule has 1 atom stereocenters. The Bertz CT molecular complexity index is 273. The van der Waals surface area contributed by atoms with Crippen LogP contribution in [0.2, 0.25) is 0 Å². The number of aromatic nitrogens is 2. The molecule has 2 rings (SSSR count). The van der Waals surface area contributed by atoms with Crippen LogP contribution in [0.5, 0.6) is 0 Å². The van der Waals surface area contributed by atoms with Crippen molar-refractivity contribution < 1.29 is 4.52 Å². The van der Waals surface area contributed by atoms with Crippen LogP contribution >= 0.6 is 0 Å². The Morgan fingerprint density at radius 3 is 3.33 bits per heavy atom. The lowest BCUT2D eigenvalue weighted by Crippen LogP contribution is -2.50. The Morgan fingerprint density at radius 1 is 1.67 bits per heavy atom. The van der Waals surface area contributed by atoms with Gasteiger partial charge in [-0.15, -0.1) is 0 Å². The molecule has 1 unspecified atom stereocenters. The summed E-state index contributed by atoms with van der Waals surface area (Å²) >= 11 is 0. The zero-order chi connectivity index (χ0) is 10.5. The zero-order valence-corrected chi connectivity index (χ0v) is 9.15. The largest absolute Gasteiger partial charge is 0.343 e. The van der Waals surface area contributed by atoms with E-state index in [4.69, 9.17) is 4.52 Å². The molecule has 0 amide bonds. The molecule has 0 radical (unpaired) electrons. The lowest BCUT2D eigenvalue weighted by atomic mass is 10.1. The van der Waals surface area contributed by atoms with Gasteiger partial charge in [0.1, 0.15) is 0 Å². The third-order valence-corrected chi connectivity index (χ3v) is 2.75. The van der Waals surface area contributed by atoms with Crippen molar-refractivity contribution in [2.45, 2.75) is 32.4 Å². The van der Waals surface area contributed by atoms with Crippen molar-refractivity contribution in [3.63, 3.8) is 0 Å². The van der Waals surface area contributed by atoms with Crippen LogP contribution in [0, 0.1) is 0 Å². The number of piperazine rings is 1. The number of nitrogens with zero attached hydrogens (tertiary/aromatic N) is 3. The van der Waals surface area contributed by atoms with Gasteiger partial charge in [0.25, 0.3) is 0 Å². The zero-order valence-electron chi connectivity index (χ0n) is 9.15. The molecule has 1 aliphatic rings. The summed E-state index contributed by atoms with van der Waals surface area (Å²) in [7, 11) is 0. The van der Waals surface area contributed by atoms with Crippen LogP contribution in [0.25, 0.3) is 0 Å². The molecule has 1 aromatic heterocycles. The average molecular weight is 210 g/mol. The summed E-state index contributed by atoms with van der Waals surface area (Å²) in [4.78, 5) is 6.42. The lowest BCUT2D eigenvalue weighted by Gasteiger charge is -2.32. The molecule has 5 heteroatoms. The van der Waals surface area contributed by atoms with Gasteiger partial charge in [0.15, 0.2) is 5.82 Å². The van der Waals surface area contributed by atoms with Crippen molar-refractivity contribution in [1.82, 2.24) is 20.4 Å². The Labute approximate surface area is 89.8 Å². The van der Waals surface area contributed by atoms with Crippen molar-refractivity contribution >= 4 is 0 Å². The van der Waals surface area contributed by atoms with Gasteiger partial charge in [-0.2, -0.15) is 4.98 Å². The van der Waals surface area contributed by atoms with Crippen LogP contribution < -0.4 is 5.32 Å². The molecule has 0 bridgehead atoms. The molecule has 2 heterocycles. The molecule has 1 aromatic rings. The summed E-state index contributed by atoms with van der Waals surface area (Å²) in [6.45, 7) is 6.23. The number of rotatable bonds is 4. The summed E-state index contributed by atoms with van der Waals surface area (Å²) in [5.41, 5.74) is 0. The second kappa shape index (κ2) is 5.23. The molecule has 1 saturated heterocycles. The van der Waals surface area contributed by atoms with Gasteiger partial charge >= 0.3 is 0 Å². The van der Waals surface area contributed by atoms with Crippen molar-refractivity contribution in [2.24, 2.45) is 0 Å². The SMILES string of the molecule is CCCC1CN(Cc2ncon2)CCN1.